The van der Waals surface area contributed by atoms with Gasteiger partial charge in [-0.2, -0.15) is 0 Å². The maximum absolute atomic E-state index is 0. The van der Waals surface area contributed by atoms with E-state index in [0.29, 0.717) is 0 Å². The molecule has 0 radical (unpaired) electrons. The van der Waals surface area contributed by atoms with E-state index in [0.717, 1.165) is 0 Å². The molecule has 31 heavy (non-hydrogen) atoms. The van der Waals surface area contributed by atoms with Gasteiger partial charge in [-0.3, -0.25) is 0 Å². The fraction of sp³-hybridized carbons (Fsp3) is 0. The van der Waals surface area contributed by atoms with Crippen LogP contribution in [0.4, 0.5) is 0 Å². The van der Waals surface area contributed by atoms with E-state index in [2.05, 4.69) is 0 Å². The third-order valence-corrected chi connectivity index (χ3v) is 0. The van der Waals surface area contributed by atoms with Gasteiger partial charge in [-0.25, -0.2) is 0 Å². The van der Waals surface area contributed by atoms with Crippen LogP contribution in [0.1, 0.15) is 17.1 Å². The molecule has 0 fully saturated rings. The van der Waals surface area contributed by atoms with Crippen LogP contribution in [0.2, 0.25) is 0 Å². The summed E-state index contributed by atoms with van der Waals surface area (Å²) in [6.07, 6.45) is 0. The average Bonchev–Trinajstić information content (AvgIpc) is 0. The summed E-state index contributed by atoms with van der Waals surface area (Å²) in [6, 6.07) is 0. The van der Waals surface area contributed by atoms with Gasteiger partial charge in [0, 0.05) is 0 Å². The second-order valence-electron chi connectivity index (χ2n) is 0. The van der Waals surface area contributed by atoms with E-state index >= 15 is 0 Å². The molecule has 0 aromatic heterocycles. The summed E-state index contributed by atoms with van der Waals surface area (Å²) in [5.41, 5.74) is 0. The Labute approximate surface area is 457 Å². The van der Waals surface area contributed by atoms with Crippen LogP contribution < -0.4 is 0 Å². The minimum absolute atomic E-state index is 0. The first-order chi connectivity index (χ1) is 0. The molecule has 0 aromatic rings. The Hall–Kier alpha value is 11.8. The number of halogens is 25. The summed E-state index contributed by atoms with van der Waals surface area (Å²) in [7, 11) is 0. The van der Waals surface area contributed by atoms with Crippen LogP contribution in [0, 0.1) is 0 Å². The standard InChI is InChI=1S/25ClH.6Mg.12H/h25*1H;;;;;;;;;;;;;;;;;;/q;;;;;;;;;;;;;;;;;;;;;;;;;6*+2;12*-1. The van der Waals surface area contributed by atoms with Crippen molar-refractivity contribution < 1.29 is 17.1 Å². The molecule has 0 rings (SSSR count). The smallest absolute Gasteiger partial charge is 1.00 e. The van der Waals surface area contributed by atoms with E-state index in [1.54, 1.807) is 0 Å². The third-order valence-electron chi connectivity index (χ3n) is 0. The van der Waals surface area contributed by atoms with Gasteiger partial charge in [0.2, 0.25) is 0 Å². The summed E-state index contributed by atoms with van der Waals surface area (Å²) < 4.78 is 0. The Morgan fingerprint density at radius 2 is 0.0968 bits per heavy atom. The second-order valence-corrected chi connectivity index (χ2v) is 0. The molecular weight excluding hydrogens is 1030 g/mol. The first-order valence-electron chi connectivity index (χ1n) is 0. The minimum Gasteiger partial charge on any atom is -1.00 e. The van der Waals surface area contributed by atoms with Gasteiger partial charge in [-0.05, 0) is 0 Å². The number of hydrogen-bond acceptors (Lipinski definition) is 0. The van der Waals surface area contributed by atoms with Gasteiger partial charge in [0.05, 0.1) is 0 Å². The molecule has 0 saturated carbocycles. The molecular formula is H37Cl25Mg6. The van der Waals surface area contributed by atoms with Crippen molar-refractivity contribution in [1.29, 1.82) is 0 Å². The van der Waals surface area contributed by atoms with Crippen molar-refractivity contribution in [2.45, 2.75) is 0 Å². The molecule has 0 aliphatic heterocycles. The second kappa shape index (κ2) is 497. The van der Waals surface area contributed by atoms with Crippen LogP contribution in [0.3, 0.4) is 0 Å². The van der Waals surface area contributed by atoms with E-state index in [1.807, 2.05) is 0 Å². The molecule has 0 bridgehead atoms. The molecule has 0 saturated heterocycles. The van der Waals surface area contributed by atoms with Gasteiger partial charge >= 0.3 is 138 Å². The molecule has 0 heterocycles. The van der Waals surface area contributed by atoms with E-state index in [-0.39, 0.29) is 466 Å². The van der Waals surface area contributed by atoms with Crippen molar-refractivity contribution >= 4 is 448 Å². The van der Waals surface area contributed by atoms with Crippen LogP contribution in [0.25, 0.3) is 0 Å². The van der Waals surface area contributed by atoms with Crippen molar-refractivity contribution in [1.82, 2.24) is 0 Å². The summed E-state index contributed by atoms with van der Waals surface area (Å²) in [5, 5.41) is 0. The molecule has 31 heteroatoms. The van der Waals surface area contributed by atoms with E-state index in [4.69, 9.17) is 0 Å². The summed E-state index contributed by atoms with van der Waals surface area (Å²) in [4.78, 5) is 0. The monoisotopic (exact) mass is 1060 g/mol. The van der Waals surface area contributed by atoms with Gasteiger partial charge in [0.25, 0.3) is 0 Å². The Bertz CT molecular complexity index is 58.7. The van der Waals surface area contributed by atoms with Crippen molar-refractivity contribution in [3.63, 3.8) is 0 Å². The van der Waals surface area contributed by atoms with Gasteiger partial charge in [0.15, 0.2) is 0 Å². The van der Waals surface area contributed by atoms with Crippen LogP contribution in [-0.4, -0.2) is 138 Å². The molecule has 0 nitrogen and oxygen atoms in total. The van der Waals surface area contributed by atoms with E-state index in [9.17, 15) is 0 Å². The molecule has 0 amide bonds. The Kier molecular flexibility index (Phi) is 8580. The molecule has 0 aliphatic rings. The van der Waals surface area contributed by atoms with Gasteiger partial charge in [-0.1, -0.05) is 0 Å². The van der Waals surface area contributed by atoms with Crippen molar-refractivity contribution in [3.8, 4) is 0 Å². The first kappa shape index (κ1) is 535. The maximum Gasteiger partial charge on any atom is 2.00 e. The van der Waals surface area contributed by atoms with E-state index < -0.39 is 0 Å². The fourth-order valence-electron chi connectivity index (χ4n) is 0. The zero-order valence-electron chi connectivity index (χ0n) is 26.4. The SMILES string of the molecule is Cl.Cl.Cl.Cl.Cl.Cl.Cl.Cl.Cl.Cl.Cl.Cl.Cl.Cl.Cl.Cl.Cl.Cl.Cl.Cl.Cl.Cl.Cl.Cl.Cl.[H-].[H-].[H-].[H-].[H-].[H-].[H-].[H-].[H-].[H-].[H-].[H-].[Mg+2].[Mg+2].[Mg+2].[Mg+2].[Mg+2].[Mg+2]. The third kappa shape index (κ3) is 473. The van der Waals surface area contributed by atoms with Crippen molar-refractivity contribution in [3.05, 3.63) is 0 Å². The normalized spacial score (nSPS) is 0. The quantitative estimate of drug-likeness (QED) is 0.212. The Morgan fingerprint density at radius 1 is 0.0968 bits per heavy atom. The average molecular weight is 1070 g/mol. The topological polar surface area (TPSA) is 0 Å². The molecule has 0 aliphatic carbocycles. The molecule has 224 valence electrons. The zero-order chi connectivity index (χ0) is 0. The van der Waals surface area contributed by atoms with Crippen molar-refractivity contribution in [2.24, 2.45) is 0 Å². The van der Waals surface area contributed by atoms with Crippen LogP contribution in [0.5, 0.6) is 0 Å². The van der Waals surface area contributed by atoms with Gasteiger partial charge < -0.3 is 17.1 Å². The number of rotatable bonds is 0. The molecule has 0 N–H and O–H groups in total. The van der Waals surface area contributed by atoms with Gasteiger partial charge in [-0.15, -0.1) is 310 Å². The molecule has 0 atom stereocenters. The Morgan fingerprint density at radius 3 is 0.0968 bits per heavy atom. The largest absolute Gasteiger partial charge is 2.00 e. The summed E-state index contributed by atoms with van der Waals surface area (Å²) in [5.74, 6) is 0. The molecule has 0 aromatic carbocycles. The van der Waals surface area contributed by atoms with Crippen LogP contribution >= 0.6 is 310 Å². The molecule has 0 spiro atoms. The van der Waals surface area contributed by atoms with Gasteiger partial charge in [0.1, 0.15) is 0 Å². The predicted octanol–water partition coefficient (Wildman–Crippen LogP) is 9.61. The minimum atomic E-state index is 0. The predicted molar refractivity (Wildman–Crippen MR) is 229 cm³/mol. The summed E-state index contributed by atoms with van der Waals surface area (Å²) >= 11 is 0. The van der Waals surface area contributed by atoms with Crippen molar-refractivity contribution in [2.75, 3.05) is 0 Å². The first-order valence-corrected chi connectivity index (χ1v) is 0. The molecule has 0 unspecified atom stereocenters. The van der Waals surface area contributed by atoms with Crippen LogP contribution in [0.15, 0.2) is 0 Å². The number of hydrogen-bond donors (Lipinski definition) is 0. The fourth-order valence-corrected chi connectivity index (χ4v) is 0. The van der Waals surface area contributed by atoms with Crippen LogP contribution in [-0.2, 0) is 0 Å². The zero-order valence-corrected chi connectivity index (χ0v) is 43.3. The summed E-state index contributed by atoms with van der Waals surface area (Å²) in [6.45, 7) is 0. The Balaban J connectivity index is 0. The maximum atomic E-state index is 0. The van der Waals surface area contributed by atoms with E-state index in [1.165, 1.54) is 0 Å².